The summed E-state index contributed by atoms with van der Waals surface area (Å²) in [5, 5.41) is 0. The summed E-state index contributed by atoms with van der Waals surface area (Å²) < 4.78 is 11.4. The third-order valence-electron chi connectivity index (χ3n) is 9.95. The first kappa shape index (κ1) is 47.6. The van der Waals surface area contributed by atoms with E-state index >= 15 is 0 Å². The molecule has 0 bridgehead atoms. The Balaban J connectivity index is 3.88. The van der Waals surface area contributed by atoms with Gasteiger partial charge < -0.3 is 14.4 Å². The summed E-state index contributed by atoms with van der Waals surface area (Å²) in [7, 11) is 0. The zero-order valence-electron chi connectivity index (χ0n) is 33.6. The topological polar surface area (TPSA) is 55.8 Å². The van der Waals surface area contributed by atoms with Crippen molar-refractivity contribution in [2.24, 2.45) is 0 Å². The maximum Gasteiger partial charge on any atom is 0.306 e. The number of hydrogen-bond donors (Lipinski definition) is 0. The van der Waals surface area contributed by atoms with Crippen molar-refractivity contribution in [3.8, 4) is 0 Å². The molecule has 0 radical (unpaired) electrons. The highest BCUT2D eigenvalue weighted by atomic mass is 16.5. The van der Waals surface area contributed by atoms with Crippen LogP contribution >= 0.6 is 0 Å². The van der Waals surface area contributed by atoms with E-state index in [0.717, 1.165) is 51.5 Å². The summed E-state index contributed by atoms with van der Waals surface area (Å²) >= 11 is 0. The fourth-order valence-electron chi connectivity index (χ4n) is 6.60. The first-order chi connectivity index (χ1) is 24.1. The molecule has 0 atom stereocenters. The van der Waals surface area contributed by atoms with Crippen molar-refractivity contribution < 1.29 is 19.1 Å². The standard InChI is InChI=1S/C44H85NO4/c1-5-9-12-15-18-27-34-41-48-43(46)37-30-23-19-25-32-39-45(8-4)40-33-26-20-24-31-38-44(47)49-42(35-28-21-16-13-10-6-2)36-29-22-17-14-11-7-3/h27,34,42H,5-26,28-33,35-41H2,1-4H3/b34-27-. The minimum Gasteiger partial charge on any atom is -0.462 e. The molecule has 290 valence electrons. The summed E-state index contributed by atoms with van der Waals surface area (Å²) in [4.78, 5) is 27.2. The summed E-state index contributed by atoms with van der Waals surface area (Å²) in [5.41, 5.74) is 0. The van der Waals surface area contributed by atoms with E-state index < -0.39 is 0 Å². The highest BCUT2D eigenvalue weighted by molar-refractivity contribution is 5.69. The lowest BCUT2D eigenvalue weighted by Crippen LogP contribution is -2.25. The van der Waals surface area contributed by atoms with Crippen molar-refractivity contribution >= 4 is 11.9 Å². The van der Waals surface area contributed by atoms with Crippen LogP contribution < -0.4 is 0 Å². The first-order valence-electron chi connectivity index (χ1n) is 21.8. The molecule has 0 saturated carbocycles. The van der Waals surface area contributed by atoms with E-state index in [1.165, 1.54) is 154 Å². The molecular weight excluding hydrogens is 606 g/mol. The van der Waals surface area contributed by atoms with Crippen LogP contribution in [-0.2, 0) is 19.1 Å². The van der Waals surface area contributed by atoms with Crippen LogP contribution in [0.5, 0.6) is 0 Å². The van der Waals surface area contributed by atoms with Gasteiger partial charge in [0.25, 0.3) is 0 Å². The minimum atomic E-state index is -0.0565. The van der Waals surface area contributed by atoms with Crippen LogP contribution in [0.1, 0.15) is 227 Å². The van der Waals surface area contributed by atoms with Crippen molar-refractivity contribution in [2.45, 2.75) is 233 Å². The van der Waals surface area contributed by atoms with Gasteiger partial charge in [-0.25, -0.2) is 0 Å². The van der Waals surface area contributed by atoms with Gasteiger partial charge in [-0.2, -0.15) is 0 Å². The maximum absolute atomic E-state index is 12.7. The number of esters is 2. The average molecular weight is 692 g/mol. The number of nitrogens with zero attached hydrogens (tertiary/aromatic N) is 1. The van der Waals surface area contributed by atoms with Crippen LogP contribution in [0.4, 0.5) is 0 Å². The Labute approximate surface area is 306 Å². The highest BCUT2D eigenvalue weighted by Gasteiger charge is 2.14. The fourth-order valence-corrected chi connectivity index (χ4v) is 6.60. The quantitative estimate of drug-likeness (QED) is 0.0365. The molecule has 49 heavy (non-hydrogen) atoms. The second-order valence-corrected chi connectivity index (χ2v) is 14.7. The van der Waals surface area contributed by atoms with Gasteiger partial charge in [0.05, 0.1) is 0 Å². The van der Waals surface area contributed by atoms with Gasteiger partial charge in [-0.15, -0.1) is 0 Å². The number of carbonyl (C=O) groups is 2. The van der Waals surface area contributed by atoms with Crippen LogP contribution in [0.25, 0.3) is 0 Å². The van der Waals surface area contributed by atoms with Gasteiger partial charge >= 0.3 is 11.9 Å². The SMILES string of the molecule is CCCCCC/C=C\COC(=O)CCCCCCCN(CC)CCCCCCCC(=O)OC(CCCCCCCC)CCCCCCCC. The smallest absolute Gasteiger partial charge is 0.306 e. The molecule has 5 nitrogen and oxygen atoms in total. The number of carbonyl (C=O) groups excluding carboxylic acids is 2. The van der Waals surface area contributed by atoms with E-state index in [4.69, 9.17) is 9.47 Å². The Bertz CT molecular complexity index is 708. The van der Waals surface area contributed by atoms with Crippen molar-refractivity contribution in [1.82, 2.24) is 4.90 Å². The first-order valence-corrected chi connectivity index (χ1v) is 21.8. The Hall–Kier alpha value is -1.36. The number of ether oxygens (including phenoxy) is 2. The Kier molecular flexibility index (Phi) is 38.3. The van der Waals surface area contributed by atoms with E-state index in [0.29, 0.717) is 19.4 Å². The molecule has 0 aromatic carbocycles. The van der Waals surface area contributed by atoms with Gasteiger partial charge in [0.1, 0.15) is 12.7 Å². The van der Waals surface area contributed by atoms with E-state index in [2.05, 4.69) is 38.7 Å². The van der Waals surface area contributed by atoms with Gasteiger partial charge in [0.2, 0.25) is 0 Å². The third-order valence-corrected chi connectivity index (χ3v) is 9.95. The molecule has 0 fully saturated rings. The van der Waals surface area contributed by atoms with Gasteiger partial charge in [0, 0.05) is 12.8 Å². The third kappa shape index (κ3) is 36.2. The normalized spacial score (nSPS) is 11.7. The fraction of sp³-hybridized carbons (Fsp3) is 0.909. The lowest BCUT2D eigenvalue weighted by Gasteiger charge is -2.20. The Morgan fingerprint density at radius 3 is 1.43 bits per heavy atom. The summed E-state index contributed by atoms with van der Waals surface area (Å²) in [5.74, 6) is -0.0192. The van der Waals surface area contributed by atoms with Gasteiger partial charge in [-0.3, -0.25) is 9.59 Å². The van der Waals surface area contributed by atoms with Gasteiger partial charge in [0.15, 0.2) is 0 Å². The lowest BCUT2D eigenvalue weighted by molar-refractivity contribution is -0.150. The predicted octanol–water partition coefficient (Wildman–Crippen LogP) is 13.5. The molecule has 0 unspecified atom stereocenters. The second-order valence-electron chi connectivity index (χ2n) is 14.7. The number of unbranched alkanes of at least 4 members (excludes halogenated alkanes) is 22. The zero-order chi connectivity index (χ0) is 35.9. The summed E-state index contributed by atoms with van der Waals surface area (Å²) in [6.07, 6.45) is 40.7. The van der Waals surface area contributed by atoms with Crippen molar-refractivity contribution in [2.75, 3.05) is 26.2 Å². The molecular formula is C44H85NO4. The molecule has 0 amide bonds. The largest absolute Gasteiger partial charge is 0.462 e. The van der Waals surface area contributed by atoms with Gasteiger partial charge in [-0.05, 0) is 83.8 Å². The maximum atomic E-state index is 12.7. The van der Waals surface area contributed by atoms with Gasteiger partial charge in [-0.1, -0.05) is 162 Å². The van der Waals surface area contributed by atoms with Crippen LogP contribution in [-0.4, -0.2) is 49.2 Å². The van der Waals surface area contributed by atoms with Crippen molar-refractivity contribution in [3.63, 3.8) is 0 Å². The monoisotopic (exact) mass is 692 g/mol. The van der Waals surface area contributed by atoms with Crippen LogP contribution in [0, 0.1) is 0 Å². The minimum absolute atomic E-state index is 0.0373. The molecule has 0 N–H and O–H groups in total. The molecule has 0 aromatic heterocycles. The predicted molar refractivity (Wildman–Crippen MR) is 212 cm³/mol. The molecule has 0 aliphatic heterocycles. The van der Waals surface area contributed by atoms with Crippen molar-refractivity contribution in [1.29, 1.82) is 0 Å². The van der Waals surface area contributed by atoms with Crippen molar-refractivity contribution in [3.05, 3.63) is 12.2 Å². The van der Waals surface area contributed by atoms with E-state index in [-0.39, 0.29) is 18.0 Å². The number of rotatable bonds is 39. The van der Waals surface area contributed by atoms with E-state index in [1.807, 2.05) is 6.08 Å². The molecule has 0 aliphatic rings. The highest BCUT2D eigenvalue weighted by Crippen LogP contribution is 2.18. The molecule has 5 heteroatoms. The summed E-state index contributed by atoms with van der Waals surface area (Å²) in [6, 6.07) is 0. The van der Waals surface area contributed by atoms with Crippen LogP contribution in [0.2, 0.25) is 0 Å². The van der Waals surface area contributed by atoms with E-state index in [9.17, 15) is 9.59 Å². The molecule has 0 heterocycles. The molecule has 0 rings (SSSR count). The number of allylic oxidation sites excluding steroid dienone is 1. The second kappa shape index (κ2) is 39.4. The van der Waals surface area contributed by atoms with Crippen LogP contribution in [0.3, 0.4) is 0 Å². The molecule has 0 aliphatic carbocycles. The Morgan fingerprint density at radius 1 is 0.490 bits per heavy atom. The number of hydrogen-bond acceptors (Lipinski definition) is 5. The average Bonchev–Trinajstić information content (AvgIpc) is 3.10. The molecule has 0 saturated heterocycles. The van der Waals surface area contributed by atoms with E-state index in [1.54, 1.807) is 0 Å². The molecule has 0 aromatic rings. The van der Waals surface area contributed by atoms with Crippen LogP contribution in [0.15, 0.2) is 12.2 Å². The summed E-state index contributed by atoms with van der Waals surface area (Å²) in [6.45, 7) is 12.9. The lowest BCUT2D eigenvalue weighted by atomic mass is 10.0. The Morgan fingerprint density at radius 2 is 0.918 bits per heavy atom. The molecule has 0 spiro atoms. The zero-order valence-corrected chi connectivity index (χ0v) is 33.6.